The number of piperazine rings is 2. The molecular formula is C15H29ClN4. The van der Waals surface area contributed by atoms with Crippen LogP contribution in [0.25, 0.3) is 0 Å². The van der Waals surface area contributed by atoms with Crippen molar-refractivity contribution < 1.29 is 0 Å². The Kier molecular flexibility index (Phi) is 5.87. The summed E-state index contributed by atoms with van der Waals surface area (Å²) in [6.45, 7) is 13.9. The molecule has 2 atom stereocenters. The third kappa shape index (κ3) is 3.55. The van der Waals surface area contributed by atoms with E-state index in [1.54, 1.807) is 0 Å². The molecule has 2 rings (SSSR count). The summed E-state index contributed by atoms with van der Waals surface area (Å²) in [7, 11) is 0. The number of rotatable bonds is 4. The van der Waals surface area contributed by atoms with E-state index >= 15 is 0 Å². The number of allylic oxidation sites excluding steroid dienone is 1. The predicted octanol–water partition coefficient (Wildman–Crippen LogP) is 0.990. The Bertz CT molecular complexity index is 331. The van der Waals surface area contributed by atoms with E-state index < -0.39 is 0 Å². The highest BCUT2D eigenvalue weighted by Crippen LogP contribution is 2.36. The summed E-state index contributed by atoms with van der Waals surface area (Å²) in [5.41, 5.74) is 1.39. The van der Waals surface area contributed by atoms with Crippen LogP contribution in [0.2, 0.25) is 0 Å². The first-order valence-corrected chi connectivity index (χ1v) is 8.20. The lowest BCUT2D eigenvalue weighted by molar-refractivity contribution is 0.194. The minimum absolute atomic E-state index is 0.000765. The Morgan fingerprint density at radius 2 is 1.90 bits per heavy atom. The second kappa shape index (κ2) is 7.23. The van der Waals surface area contributed by atoms with Crippen molar-refractivity contribution in [3.63, 3.8) is 0 Å². The summed E-state index contributed by atoms with van der Waals surface area (Å²) in [6.07, 6.45) is 2.22. The van der Waals surface area contributed by atoms with Gasteiger partial charge in [0.05, 0.1) is 0 Å². The number of nitrogens with zero attached hydrogens (tertiary/aromatic N) is 1. The average Bonchev–Trinajstić information content (AvgIpc) is 2.49. The highest BCUT2D eigenvalue weighted by atomic mass is 35.5. The molecule has 0 bridgehead atoms. The van der Waals surface area contributed by atoms with Crippen molar-refractivity contribution in [1.29, 1.82) is 0 Å². The zero-order valence-corrected chi connectivity index (χ0v) is 13.8. The molecule has 0 amide bonds. The van der Waals surface area contributed by atoms with Gasteiger partial charge in [0.25, 0.3) is 0 Å². The number of hydrogen-bond donors (Lipinski definition) is 3. The molecule has 4 nitrogen and oxygen atoms in total. The van der Waals surface area contributed by atoms with Gasteiger partial charge in [0.15, 0.2) is 0 Å². The van der Waals surface area contributed by atoms with E-state index in [0.717, 1.165) is 45.8 Å². The normalized spacial score (nSPS) is 28.4. The fraction of sp³-hybridized carbons (Fsp3) is 0.867. The summed E-state index contributed by atoms with van der Waals surface area (Å²) < 4.78 is 0. The number of nitrogens with one attached hydrogen (secondary N) is 3. The van der Waals surface area contributed by atoms with Gasteiger partial charge in [-0.3, -0.25) is 4.90 Å². The summed E-state index contributed by atoms with van der Waals surface area (Å²) in [6, 6.07) is 0.437. The third-order valence-corrected chi connectivity index (χ3v) is 5.21. The molecule has 2 heterocycles. The van der Waals surface area contributed by atoms with Gasteiger partial charge in [-0.15, -0.1) is 11.6 Å². The van der Waals surface area contributed by atoms with Crippen LogP contribution in [0.1, 0.15) is 20.8 Å². The maximum atomic E-state index is 6.81. The van der Waals surface area contributed by atoms with Crippen molar-refractivity contribution in [2.75, 3.05) is 45.8 Å². The van der Waals surface area contributed by atoms with Crippen LogP contribution in [0.4, 0.5) is 0 Å². The largest absolute Gasteiger partial charge is 0.314 e. The van der Waals surface area contributed by atoms with Crippen LogP contribution in [0.15, 0.2) is 11.6 Å². The van der Waals surface area contributed by atoms with E-state index in [-0.39, 0.29) is 10.9 Å². The molecule has 2 fully saturated rings. The van der Waals surface area contributed by atoms with Crippen LogP contribution in [0.5, 0.6) is 0 Å². The van der Waals surface area contributed by atoms with Gasteiger partial charge in [0.2, 0.25) is 0 Å². The lowest BCUT2D eigenvalue weighted by Gasteiger charge is -2.44. The molecule has 2 saturated heterocycles. The number of hydrogen-bond acceptors (Lipinski definition) is 4. The summed E-state index contributed by atoms with van der Waals surface area (Å²) in [5, 5.41) is 10.5. The van der Waals surface area contributed by atoms with E-state index in [2.05, 4.69) is 47.7 Å². The molecule has 2 unspecified atom stereocenters. The monoisotopic (exact) mass is 300 g/mol. The molecule has 0 saturated carbocycles. The van der Waals surface area contributed by atoms with Gasteiger partial charge in [-0.2, -0.15) is 0 Å². The Hall–Kier alpha value is -0.130. The molecule has 0 aromatic heterocycles. The average molecular weight is 301 g/mol. The van der Waals surface area contributed by atoms with Crippen molar-refractivity contribution in [3.05, 3.63) is 11.6 Å². The van der Waals surface area contributed by atoms with Crippen LogP contribution >= 0.6 is 11.6 Å². The topological polar surface area (TPSA) is 39.3 Å². The molecule has 0 aromatic rings. The van der Waals surface area contributed by atoms with Gasteiger partial charge >= 0.3 is 0 Å². The Balaban J connectivity index is 2.08. The Morgan fingerprint density at radius 1 is 1.20 bits per heavy atom. The van der Waals surface area contributed by atoms with E-state index in [9.17, 15) is 0 Å². The van der Waals surface area contributed by atoms with E-state index in [1.165, 1.54) is 5.57 Å². The molecular weight excluding hydrogens is 272 g/mol. The first kappa shape index (κ1) is 16.2. The number of alkyl halides is 1. The Labute approximate surface area is 128 Å². The van der Waals surface area contributed by atoms with Crippen LogP contribution in [-0.4, -0.2) is 62.3 Å². The third-order valence-electron chi connectivity index (χ3n) is 4.70. The zero-order valence-electron chi connectivity index (χ0n) is 13.0. The minimum Gasteiger partial charge on any atom is -0.314 e. The van der Waals surface area contributed by atoms with Gasteiger partial charge in [-0.25, -0.2) is 0 Å². The molecule has 2 aliphatic rings. The summed E-state index contributed by atoms with van der Waals surface area (Å²) in [5.74, 6) is 0. The van der Waals surface area contributed by atoms with Gasteiger partial charge in [-0.1, -0.05) is 19.9 Å². The summed E-state index contributed by atoms with van der Waals surface area (Å²) in [4.78, 5) is 2.38. The molecule has 0 spiro atoms. The lowest BCUT2D eigenvalue weighted by atomic mass is 9.76. The second-order valence-electron chi connectivity index (χ2n) is 6.30. The standard InChI is InChI=1S/C15H29ClN4/c1-4-12(14(16)20-9-7-17-8-10-20)15(2,3)13-11-18-5-6-19-13/h4,13-14,17-19H,5-11H2,1-3H3/b12-4-. The highest BCUT2D eigenvalue weighted by Gasteiger charge is 2.38. The predicted molar refractivity (Wildman–Crippen MR) is 86.3 cm³/mol. The van der Waals surface area contributed by atoms with Crippen molar-refractivity contribution in [2.24, 2.45) is 5.41 Å². The second-order valence-corrected chi connectivity index (χ2v) is 6.71. The molecule has 0 aliphatic carbocycles. The van der Waals surface area contributed by atoms with Gasteiger partial charge in [0, 0.05) is 57.3 Å². The smallest absolute Gasteiger partial charge is 0.107 e. The van der Waals surface area contributed by atoms with Gasteiger partial charge < -0.3 is 16.0 Å². The van der Waals surface area contributed by atoms with Crippen LogP contribution in [-0.2, 0) is 0 Å². The maximum Gasteiger partial charge on any atom is 0.107 e. The first-order valence-electron chi connectivity index (χ1n) is 7.77. The quantitative estimate of drug-likeness (QED) is 0.411. The lowest BCUT2D eigenvalue weighted by Crippen LogP contribution is -2.57. The van der Waals surface area contributed by atoms with Crippen LogP contribution < -0.4 is 16.0 Å². The molecule has 20 heavy (non-hydrogen) atoms. The van der Waals surface area contributed by atoms with E-state index in [1.807, 2.05) is 0 Å². The molecule has 116 valence electrons. The fourth-order valence-corrected chi connectivity index (χ4v) is 3.89. The van der Waals surface area contributed by atoms with Crippen LogP contribution in [0, 0.1) is 5.41 Å². The minimum atomic E-state index is 0.000765. The zero-order chi connectivity index (χ0) is 14.6. The van der Waals surface area contributed by atoms with Crippen molar-refractivity contribution >= 4 is 11.6 Å². The fourth-order valence-electron chi connectivity index (χ4n) is 3.29. The first-order chi connectivity index (χ1) is 9.57. The maximum absolute atomic E-state index is 6.81. The van der Waals surface area contributed by atoms with Crippen molar-refractivity contribution in [1.82, 2.24) is 20.9 Å². The number of halogens is 1. The molecule has 5 heteroatoms. The van der Waals surface area contributed by atoms with E-state index in [0.29, 0.717) is 6.04 Å². The van der Waals surface area contributed by atoms with Gasteiger partial charge in [0.1, 0.15) is 5.50 Å². The van der Waals surface area contributed by atoms with Crippen molar-refractivity contribution in [3.8, 4) is 0 Å². The molecule has 0 radical (unpaired) electrons. The summed E-state index contributed by atoms with van der Waals surface area (Å²) >= 11 is 6.81. The molecule has 2 aliphatic heterocycles. The van der Waals surface area contributed by atoms with Crippen LogP contribution in [0.3, 0.4) is 0 Å². The van der Waals surface area contributed by atoms with E-state index in [4.69, 9.17) is 11.6 Å². The highest BCUT2D eigenvalue weighted by molar-refractivity contribution is 6.22. The van der Waals surface area contributed by atoms with Gasteiger partial charge in [-0.05, 0) is 12.5 Å². The molecule has 0 aromatic carbocycles. The SMILES string of the molecule is C/C=C(/C(Cl)N1CCNCC1)C(C)(C)C1CNCCN1. The Morgan fingerprint density at radius 3 is 2.45 bits per heavy atom. The molecule has 3 N–H and O–H groups in total. The van der Waals surface area contributed by atoms with Crippen molar-refractivity contribution in [2.45, 2.75) is 32.3 Å².